The summed E-state index contributed by atoms with van der Waals surface area (Å²) in [7, 11) is 1.65. The topological polar surface area (TPSA) is 56.1 Å². The minimum Gasteiger partial charge on any atom is -0.497 e. The Balaban J connectivity index is 1.73. The zero-order chi connectivity index (χ0) is 22.9. The summed E-state index contributed by atoms with van der Waals surface area (Å²) in [6, 6.07) is 22.2. The van der Waals surface area contributed by atoms with Gasteiger partial charge in [0, 0.05) is 5.56 Å². The van der Waals surface area contributed by atoms with Gasteiger partial charge in [0.25, 0.3) is 0 Å². The van der Waals surface area contributed by atoms with Gasteiger partial charge in [-0.2, -0.15) is 0 Å². The molecule has 2 aromatic carbocycles. The molecule has 4 aromatic rings. The number of carbonyl (C=O) groups is 1. The SMILES string of the molecule is CCOC(=O)CN1C(c2ccc(C)cc2)=Cc2cccc3nc(-c4ccc(OC)cc4)c1n23. The fourth-order valence-electron chi connectivity index (χ4n) is 4.20. The van der Waals surface area contributed by atoms with Gasteiger partial charge in [-0.15, -0.1) is 0 Å². The summed E-state index contributed by atoms with van der Waals surface area (Å²) in [5.41, 5.74) is 6.70. The van der Waals surface area contributed by atoms with E-state index in [1.165, 1.54) is 5.56 Å². The molecule has 0 atom stereocenters. The van der Waals surface area contributed by atoms with Crippen LogP contribution in [0.25, 0.3) is 28.7 Å². The van der Waals surface area contributed by atoms with Crippen LogP contribution in [0.5, 0.6) is 5.75 Å². The molecule has 0 saturated heterocycles. The van der Waals surface area contributed by atoms with E-state index in [0.29, 0.717) is 6.61 Å². The van der Waals surface area contributed by atoms with Crippen LogP contribution in [0.15, 0.2) is 66.7 Å². The summed E-state index contributed by atoms with van der Waals surface area (Å²) >= 11 is 0. The van der Waals surface area contributed by atoms with E-state index < -0.39 is 0 Å². The van der Waals surface area contributed by atoms with Crippen molar-refractivity contribution in [2.75, 3.05) is 25.2 Å². The Kier molecular flexibility index (Phi) is 5.34. The van der Waals surface area contributed by atoms with E-state index >= 15 is 0 Å². The van der Waals surface area contributed by atoms with Gasteiger partial charge in [0.2, 0.25) is 0 Å². The van der Waals surface area contributed by atoms with Crippen LogP contribution in [-0.4, -0.2) is 35.6 Å². The van der Waals surface area contributed by atoms with E-state index in [0.717, 1.165) is 45.4 Å². The molecule has 6 nitrogen and oxygen atoms in total. The van der Waals surface area contributed by atoms with E-state index in [2.05, 4.69) is 47.7 Å². The quantitative estimate of drug-likeness (QED) is 0.387. The van der Waals surface area contributed by atoms with Crippen LogP contribution < -0.4 is 9.64 Å². The number of pyridine rings is 1. The maximum absolute atomic E-state index is 12.7. The van der Waals surface area contributed by atoms with Crippen LogP contribution in [0.1, 0.15) is 23.7 Å². The van der Waals surface area contributed by atoms with Crippen molar-refractivity contribution >= 4 is 29.2 Å². The van der Waals surface area contributed by atoms with E-state index in [4.69, 9.17) is 14.5 Å². The summed E-state index contributed by atoms with van der Waals surface area (Å²) in [5.74, 6) is 1.34. The highest BCUT2D eigenvalue weighted by atomic mass is 16.5. The van der Waals surface area contributed by atoms with Crippen LogP contribution in [0.2, 0.25) is 0 Å². The number of benzene rings is 2. The Labute approximate surface area is 192 Å². The Hall–Kier alpha value is -4.06. The van der Waals surface area contributed by atoms with Crippen LogP contribution in [-0.2, 0) is 9.53 Å². The van der Waals surface area contributed by atoms with E-state index in [9.17, 15) is 4.79 Å². The number of aryl methyl sites for hydroxylation is 1. The van der Waals surface area contributed by atoms with Crippen molar-refractivity contribution in [3.8, 4) is 17.0 Å². The highest BCUT2D eigenvalue weighted by Crippen LogP contribution is 2.41. The zero-order valence-electron chi connectivity index (χ0n) is 18.9. The number of nitrogens with zero attached hydrogens (tertiary/aromatic N) is 3. The summed E-state index contributed by atoms with van der Waals surface area (Å²) in [6.45, 7) is 4.30. The Morgan fingerprint density at radius 2 is 1.70 bits per heavy atom. The molecular formula is C27H25N3O3. The molecule has 0 fully saturated rings. The van der Waals surface area contributed by atoms with Crippen molar-refractivity contribution in [2.24, 2.45) is 0 Å². The predicted octanol–water partition coefficient (Wildman–Crippen LogP) is 5.20. The number of hydrogen-bond acceptors (Lipinski definition) is 5. The minimum atomic E-state index is -0.287. The van der Waals surface area contributed by atoms with Crippen molar-refractivity contribution in [3.05, 3.63) is 83.6 Å². The van der Waals surface area contributed by atoms with Crippen LogP contribution in [0, 0.1) is 6.92 Å². The predicted molar refractivity (Wildman–Crippen MR) is 130 cm³/mol. The number of methoxy groups -OCH3 is 1. The van der Waals surface area contributed by atoms with Crippen LogP contribution >= 0.6 is 0 Å². The molecule has 6 heteroatoms. The molecule has 0 bridgehead atoms. The summed E-state index contributed by atoms with van der Waals surface area (Å²) in [4.78, 5) is 19.6. The average molecular weight is 440 g/mol. The van der Waals surface area contributed by atoms with Gasteiger partial charge in [-0.3, -0.25) is 9.20 Å². The number of rotatable bonds is 6. The molecule has 0 radical (unpaired) electrons. The largest absolute Gasteiger partial charge is 0.497 e. The van der Waals surface area contributed by atoms with Crippen molar-refractivity contribution in [1.29, 1.82) is 0 Å². The maximum Gasteiger partial charge on any atom is 0.326 e. The van der Waals surface area contributed by atoms with Gasteiger partial charge >= 0.3 is 5.97 Å². The van der Waals surface area contributed by atoms with Gasteiger partial charge < -0.3 is 14.4 Å². The molecular weight excluding hydrogens is 414 g/mol. The van der Waals surface area contributed by atoms with Gasteiger partial charge in [0.05, 0.1) is 25.1 Å². The third kappa shape index (κ3) is 3.74. The first-order valence-electron chi connectivity index (χ1n) is 11.0. The lowest BCUT2D eigenvalue weighted by atomic mass is 10.0. The standard InChI is InChI=1S/C27H25N3O3/c1-4-33-25(31)17-29-23(19-10-8-18(2)9-11-19)16-21-6-5-7-24-28-26(27(29)30(21)24)20-12-14-22(32-3)15-13-20/h5-16H,4,17H2,1-3H3. The van der Waals surface area contributed by atoms with Gasteiger partial charge in [0.1, 0.15) is 29.5 Å². The summed E-state index contributed by atoms with van der Waals surface area (Å²) in [5, 5.41) is 0. The Morgan fingerprint density at radius 1 is 0.970 bits per heavy atom. The molecule has 166 valence electrons. The Bertz CT molecular complexity index is 1350. The minimum absolute atomic E-state index is 0.0822. The third-order valence-electron chi connectivity index (χ3n) is 5.78. The van der Waals surface area contributed by atoms with E-state index in [-0.39, 0.29) is 12.5 Å². The number of hydrogen-bond donors (Lipinski definition) is 0. The molecule has 0 unspecified atom stereocenters. The van der Waals surface area contributed by atoms with Gasteiger partial charge in [0.15, 0.2) is 0 Å². The molecule has 0 N–H and O–H groups in total. The molecule has 0 aliphatic carbocycles. The normalized spacial score (nSPS) is 12.6. The third-order valence-corrected chi connectivity index (χ3v) is 5.78. The van der Waals surface area contributed by atoms with Crippen molar-refractivity contribution < 1.29 is 14.3 Å². The molecule has 1 aliphatic rings. The lowest BCUT2D eigenvalue weighted by Crippen LogP contribution is -2.33. The van der Waals surface area contributed by atoms with E-state index in [1.54, 1.807) is 7.11 Å². The molecule has 3 heterocycles. The number of ether oxygens (including phenoxy) is 2. The van der Waals surface area contributed by atoms with Crippen molar-refractivity contribution in [3.63, 3.8) is 0 Å². The second-order valence-corrected chi connectivity index (χ2v) is 7.94. The molecule has 2 aromatic heterocycles. The number of anilines is 1. The fraction of sp³-hybridized carbons (Fsp3) is 0.185. The van der Waals surface area contributed by atoms with Crippen molar-refractivity contribution in [2.45, 2.75) is 13.8 Å². The summed E-state index contributed by atoms with van der Waals surface area (Å²) in [6.07, 6.45) is 2.10. The zero-order valence-corrected chi connectivity index (χ0v) is 18.9. The second-order valence-electron chi connectivity index (χ2n) is 7.94. The van der Waals surface area contributed by atoms with Crippen molar-refractivity contribution in [1.82, 2.24) is 9.38 Å². The average Bonchev–Trinajstić information content (AvgIpc) is 3.22. The van der Waals surface area contributed by atoms with Gasteiger partial charge in [-0.05, 0) is 61.9 Å². The number of carbonyl (C=O) groups excluding carboxylic acids is 1. The molecule has 5 rings (SSSR count). The molecule has 1 aliphatic heterocycles. The maximum atomic E-state index is 12.7. The second kappa shape index (κ2) is 8.47. The van der Waals surface area contributed by atoms with E-state index in [1.807, 2.05) is 48.2 Å². The molecule has 0 saturated carbocycles. The Morgan fingerprint density at radius 3 is 2.39 bits per heavy atom. The van der Waals surface area contributed by atoms with Gasteiger partial charge in [-0.25, -0.2) is 4.98 Å². The summed E-state index contributed by atoms with van der Waals surface area (Å²) < 4.78 is 12.8. The first-order chi connectivity index (χ1) is 16.1. The highest BCUT2D eigenvalue weighted by molar-refractivity contribution is 5.99. The first-order valence-corrected chi connectivity index (χ1v) is 11.0. The monoisotopic (exact) mass is 439 g/mol. The number of imidazole rings is 1. The van der Waals surface area contributed by atoms with Crippen LogP contribution in [0.3, 0.4) is 0 Å². The van der Waals surface area contributed by atoms with Crippen LogP contribution in [0.4, 0.5) is 5.82 Å². The smallest absolute Gasteiger partial charge is 0.326 e. The first kappa shape index (κ1) is 20.8. The molecule has 0 spiro atoms. The number of aromatic nitrogens is 2. The fourth-order valence-corrected chi connectivity index (χ4v) is 4.20. The molecule has 0 amide bonds. The lowest BCUT2D eigenvalue weighted by Gasteiger charge is -2.31. The molecule has 33 heavy (non-hydrogen) atoms. The highest BCUT2D eigenvalue weighted by Gasteiger charge is 2.30. The number of esters is 1. The van der Waals surface area contributed by atoms with Gasteiger partial charge in [-0.1, -0.05) is 35.9 Å². The lowest BCUT2D eigenvalue weighted by molar-refractivity contribution is -0.141.